The maximum absolute atomic E-state index is 8.88. The van der Waals surface area contributed by atoms with Crippen molar-refractivity contribution in [3.8, 4) is 6.07 Å². The molecule has 18 heavy (non-hydrogen) atoms. The molecule has 4 heteroatoms. The maximum Gasteiger partial charge on any atom is 0.0991 e. The largest absolute Gasteiger partial charge is 0.329 e. The van der Waals surface area contributed by atoms with Gasteiger partial charge < -0.3 is 10.3 Å². The van der Waals surface area contributed by atoms with E-state index in [4.69, 9.17) is 11.0 Å². The van der Waals surface area contributed by atoms with Gasteiger partial charge in [-0.25, -0.2) is 4.98 Å². The molecular weight excluding hydrogens is 224 g/mol. The number of nitrogens with zero attached hydrogens (tertiary/aromatic N) is 3. The molecule has 0 aliphatic carbocycles. The SMILES string of the molecule is CC[C@@H](N)c1cncn1Cc1cccc(C#N)c1. The number of imidazole rings is 1. The number of benzene rings is 1. The highest BCUT2D eigenvalue weighted by atomic mass is 15.1. The third-order valence-electron chi connectivity index (χ3n) is 2.97. The standard InChI is InChI=1S/C14H16N4/c1-2-13(16)14-8-17-10-18(14)9-12-5-3-4-11(6-12)7-15/h3-6,8,10,13H,2,9,16H2,1H3/t13-/m1/s1. The van der Waals surface area contributed by atoms with Crippen LogP contribution in [0.1, 0.15) is 36.2 Å². The molecule has 0 saturated carbocycles. The van der Waals surface area contributed by atoms with Gasteiger partial charge in [-0.1, -0.05) is 19.1 Å². The van der Waals surface area contributed by atoms with Gasteiger partial charge in [0, 0.05) is 18.8 Å². The van der Waals surface area contributed by atoms with Gasteiger partial charge in [-0.3, -0.25) is 0 Å². The van der Waals surface area contributed by atoms with Gasteiger partial charge >= 0.3 is 0 Å². The number of rotatable bonds is 4. The van der Waals surface area contributed by atoms with E-state index in [-0.39, 0.29) is 6.04 Å². The van der Waals surface area contributed by atoms with E-state index < -0.39 is 0 Å². The van der Waals surface area contributed by atoms with Gasteiger partial charge in [-0.15, -0.1) is 0 Å². The molecule has 0 bridgehead atoms. The van der Waals surface area contributed by atoms with Gasteiger partial charge in [0.25, 0.3) is 0 Å². The Kier molecular flexibility index (Phi) is 3.75. The van der Waals surface area contributed by atoms with E-state index in [1.54, 1.807) is 12.4 Å². The lowest BCUT2D eigenvalue weighted by Gasteiger charge is -2.13. The number of aromatic nitrogens is 2. The molecule has 0 amide bonds. The van der Waals surface area contributed by atoms with Gasteiger partial charge in [0.05, 0.1) is 23.7 Å². The molecule has 4 nitrogen and oxygen atoms in total. The lowest BCUT2D eigenvalue weighted by molar-refractivity contribution is 0.618. The Morgan fingerprint density at radius 1 is 1.50 bits per heavy atom. The van der Waals surface area contributed by atoms with Crippen molar-refractivity contribution in [1.82, 2.24) is 9.55 Å². The minimum Gasteiger partial charge on any atom is -0.329 e. The highest BCUT2D eigenvalue weighted by Crippen LogP contribution is 2.15. The molecule has 0 aliphatic heterocycles. The maximum atomic E-state index is 8.88. The summed E-state index contributed by atoms with van der Waals surface area (Å²) < 4.78 is 2.03. The van der Waals surface area contributed by atoms with Crippen LogP contribution in [0.5, 0.6) is 0 Å². The molecule has 2 aromatic rings. The van der Waals surface area contributed by atoms with Crippen molar-refractivity contribution in [2.45, 2.75) is 25.9 Å². The number of nitriles is 1. The van der Waals surface area contributed by atoms with E-state index >= 15 is 0 Å². The quantitative estimate of drug-likeness (QED) is 0.890. The fraction of sp³-hybridized carbons (Fsp3) is 0.286. The van der Waals surface area contributed by atoms with Gasteiger partial charge in [-0.2, -0.15) is 5.26 Å². The summed E-state index contributed by atoms with van der Waals surface area (Å²) in [7, 11) is 0. The summed E-state index contributed by atoms with van der Waals surface area (Å²) in [6.45, 7) is 2.75. The van der Waals surface area contributed by atoms with E-state index in [1.165, 1.54) is 0 Å². The molecule has 1 aromatic heterocycles. The van der Waals surface area contributed by atoms with Crippen LogP contribution in [0, 0.1) is 11.3 Å². The minimum atomic E-state index is 0.00616. The molecule has 1 atom stereocenters. The third-order valence-corrected chi connectivity index (χ3v) is 2.97. The molecule has 2 N–H and O–H groups in total. The Hall–Kier alpha value is -2.12. The first kappa shape index (κ1) is 12.3. The summed E-state index contributed by atoms with van der Waals surface area (Å²) in [6.07, 6.45) is 4.47. The van der Waals surface area contributed by atoms with E-state index in [0.29, 0.717) is 12.1 Å². The van der Waals surface area contributed by atoms with Crippen molar-refractivity contribution in [3.05, 3.63) is 53.6 Å². The molecule has 0 saturated heterocycles. The van der Waals surface area contributed by atoms with E-state index in [1.807, 2.05) is 29.0 Å². The second-order valence-electron chi connectivity index (χ2n) is 4.27. The van der Waals surface area contributed by atoms with Crippen molar-refractivity contribution in [2.24, 2.45) is 5.73 Å². The minimum absolute atomic E-state index is 0.00616. The summed E-state index contributed by atoms with van der Waals surface area (Å²) in [5.41, 5.74) is 8.82. The van der Waals surface area contributed by atoms with E-state index in [0.717, 1.165) is 17.7 Å². The molecule has 0 fully saturated rings. The lowest BCUT2D eigenvalue weighted by Crippen LogP contribution is -2.14. The fourth-order valence-electron chi connectivity index (χ4n) is 1.92. The van der Waals surface area contributed by atoms with Crippen molar-refractivity contribution >= 4 is 0 Å². The Bertz CT molecular complexity index is 565. The Morgan fingerprint density at radius 2 is 2.33 bits per heavy atom. The zero-order chi connectivity index (χ0) is 13.0. The van der Waals surface area contributed by atoms with Crippen LogP contribution in [-0.4, -0.2) is 9.55 Å². The summed E-state index contributed by atoms with van der Waals surface area (Å²) in [5, 5.41) is 8.88. The molecule has 0 radical (unpaired) electrons. The van der Waals surface area contributed by atoms with Crippen LogP contribution in [0.25, 0.3) is 0 Å². The predicted octanol–water partition coefficient (Wildman–Crippen LogP) is 2.21. The number of hydrogen-bond acceptors (Lipinski definition) is 3. The van der Waals surface area contributed by atoms with Gasteiger partial charge in [0.2, 0.25) is 0 Å². The van der Waals surface area contributed by atoms with E-state index in [9.17, 15) is 0 Å². The summed E-state index contributed by atoms with van der Waals surface area (Å²) in [6, 6.07) is 9.74. The zero-order valence-corrected chi connectivity index (χ0v) is 10.4. The molecule has 2 rings (SSSR count). The third kappa shape index (κ3) is 2.58. The van der Waals surface area contributed by atoms with Crippen LogP contribution < -0.4 is 5.73 Å². The topological polar surface area (TPSA) is 67.6 Å². The predicted molar refractivity (Wildman–Crippen MR) is 69.7 cm³/mol. The number of nitrogens with two attached hydrogens (primary N) is 1. The van der Waals surface area contributed by atoms with Crippen LogP contribution in [0.15, 0.2) is 36.8 Å². The molecule has 1 aromatic carbocycles. The van der Waals surface area contributed by atoms with Gasteiger partial charge in [0.15, 0.2) is 0 Å². The Labute approximate surface area is 107 Å². The molecular formula is C14H16N4. The van der Waals surface area contributed by atoms with Gasteiger partial charge in [-0.05, 0) is 24.1 Å². The molecule has 0 spiro atoms. The van der Waals surface area contributed by atoms with E-state index in [2.05, 4.69) is 18.0 Å². The zero-order valence-electron chi connectivity index (χ0n) is 10.4. The van der Waals surface area contributed by atoms with Crippen LogP contribution in [0.4, 0.5) is 0 Å². The van der Waals surface area contributed by atoms with Crippen molar-refractivity contribution < 1.29 is 0 Å². The summed E-state index contributed by atoms with van der Waals surface area (Å²) >= 11 is 0. The first-order valence-electron chi connectivity index (χ1n) is 5.99. The monoisotopic (exact) mass is 240 g/mol. The average molecular weight is 240 g/mol. The van der Waals surface area contributed by atoms with Crippen molar-refractivity contribution in [3.63, 3.8) is 0 Å². The van der Waals surface area contributed by atoms with Crippen LogP contribution in [0.2, 0.25) is 0 Å². The second kappa shape index (κ2) is 5.48. The summed E-state index contributed by atoms with van der Waals surface area (Å²) in [4.78, 5) is 4.15. The number of hydrogen-bond donors (Lipinski definition) is 1. The van der Waals surface area contributed by atoms with Crippen LogP contribution in [0.3, 0.4) is 0 Å². The molecule has 1 heterocycles. The summed E-state index contributed by atoms with van der Waals surface area (Å²) in [5.74, 6) is 0. The Morgan fingerprint density at radius 3 is 3.06 bits per heavy atom. The van der Waals surface area contributed by atoms with Crippen LogP contribution in [-0.2, 0) is 6.54 Å². The molecule has 0 aliphatic rings. The lowest BCUT2D eigenvalue weighted by atomic mass is 10.1. The normalized spacial score (nSPS) is 12.1. The fourth-order valence-corrected chi connectivity index (χ4v) is 1.92. The highest BCUT2D eigenvalue weighted by Gasteiger charge is 2.09. The highest BCUT2D eigenvalue weighted by molar-refractivity contribution is 5.33. The van der Waals surface area contributed by atoms with Crippen molar-refractivity contribution in [1.29, 1.82) is 5.26 Å². The smallest absolute Gasteiger partial charge is 0.0991 e. The Balaban J connectivity index is 2.24. The average Bonchev–Trinajstić information content (AvgIpc) is 2.86. The first-order valence-corrected chi connectivity index (χ1v) is 5.99. The van der Waals surface area contributed by atoms with Gasteiger partial charge in [0.1, 0.15) is 0 Å². The second-order valence-corrected chi connectivity index (χ2v) is 4.27. The van der Waals surface area contributed by atoms with Crippen LogP contribution >= 0.6 is 0 Å². The first-order chi connectivity index (χ1) is 8.74. The van der Waals surface area contributed by atoms with Crippen molar-refractivity contribution in [2.75, 3.05) is 0 Å². The molecule has 92 valence electrons. The molecule has 0 unspecified atom stereocenters.